The number of aromatic hydroxyl groups is 1. The number of aromatic nitrogens is 1. The van der Waals surface area contributed by atoms with Gasteiger partial charge in [0, 0.05) is 30.4 Å². The quantitative estimate of drug-likeness (QED) is 0.505. The number of allylic oxidation sites excluding steroid dienone is 1. The number of rotatable bonds is 5. The zero-order chi connectivity index (χ0) is 25.4. The molecule has 1 atom stereocenters. The van der Waals surface area contributed by atoms with Crippen molar-refractivity contribution in [3.05, 3.63) is 88.5 Å². The first-order chi connectivity index (χ1) is 16.6. The summed E-state index contributed by atoms with van der Waals surface area (Å²) in [5.74, 6) is -0.704. The van der Waals surface area contributed by atoms with Crippen LogP contribution in [0.1, 0.15) is 31.0 Å². The van der Waals surface area contributed by atoms with Crippen LogP contribution in [0.5, 0.6) is 5.75 Å². The number of phenols is 1. The van der Waals surface area contributed by atoms with E-state index in [2.05, 4.69) is 4.99 Å². The number of esters is 1. The number of hydrogen-bond acceptors (Lipinski definition) is 7. The summed E-state index contributed by atoms with van der Waals surface area (Å²) in [5, 5.41) is 10.8. The number of nitrogens with zero attached hydrogens (tertiary/aromatic N) is 3. The smallest absolute Gasteiger partial charge is 0.338 e. The average molecular weight is 532 g/mol. The molecule has 0 saturated heterocycles. The molecule has 4 rings (SSSR count). The van der Waals surface area contributed by atoms with Crippen molar-refractivity contribution in [2.24, 2.45) is 4.99 Å². The lowest BCUT2D eigenvalue weighted by atomic mass is 9.95. The minimum absolute atomic E-state index is 0.0795. The van der Waals surface area contributed by atoms with Gasteiger partial charge in [0.15, 0.2) is 4.80 Å². The van der Waals surface area contributed by atoms with Crippen molar-refractivity contribution >= 4 is 52.3 Å². The Bertz CT molecular complexity index is 1520. The molecule has 0 fully saturated rings. The van der Waals surface area contributed by atoms with E-state index in [4.69, 9.17) is 27.9 Å². The van der Waals surface area contributed by atoms with Gasteiger partial charge in [-0.25, -0.2) is 9.79 Å². The zero-order valence-electron chi connectivity index (χ0n) is 19.5. The molecule has 1 aliphatic heterocycles. The van der Waals surface area contributed by atoms with E-state index in [0.29, 0.717) is 31.2 Å². The lowest BCUT2D eigenvalue weighted by Gasteiger charge is -2.25. The van der Waals surface area contributed by atoms with E-state index in [1.54, 1.807) is 13.8 Å². The molecule has 35 heavy (non-hydrogen) atoms. The Balaban J connectivity index is 1.96. The molecule has 1 aliphatic rings. The predicted octanol–water partition coefficient (Wildman–Crippen LogP) is 3.88. The molecule has 0 amide bonds. The summed E-state index contributed by atoms with van der Waals surface area (Å²) in [5.41, 5.74) is 2.45. The average Bonchev–Trinajstić information content (AvgIpc) is 3.10. The topological polar surface area (TPSA) is 84.1 Å². The lowest BCUT2D eigenvalue weighted by Crippen LogP contribution is -2.39. The van der Waals surface area contributed by atoms with Gasteiger partial charge in [-0.15, -0.1) is 0 Å². The Morgan fingerprint density at radius 1 is 1.26 bits per heavy atom. The minimum Gasteiger partial charge on any atom is -0.506 e. The third kappa shape index (κ3) is 4.74. The fraction of sp³-hybridized carbons (Fsp3) is 0.240. The van der Waals surface area contributed by atoms with Gasteiger partial charge in [-0.3, -0.25) is 9.36 Å². The van der Waals surface area contributed by atoms with Gasteiger partial charge in [-0.05, 0) is 49.8 Å². The summed E-state index contributed by atoms with van der Waals surface area (Å²) in [7, 11) is 3.87. The first kappa shape index (κ1) is 25.0. The van der Waals surface area contributed by atoms with Crippen molar-refractivity contribution in [1.29, 1.82) is 0 Å². The molecule has 7 nitrogen and oxygen atoms in total. The molecular weight excluding hydrogens is 509 g/mol. The number of ether oxygens (including phenoxy) is 1. The summed E-state index contributed by atoms with van der Waals surface area (Å²) >= 11 is 13.3. The van der Waals surface area contributed by atoms with Gasteiger partial charge in [-0.2, -0.15) is 0 Å². The molecule has 0 aliphatic carbocycles. The van der Waals surface area contributed by atoms with Crippen LogP contribution >= 0.6 is 34.5 Å². The predicted molar refractivity (Wildman–Crippen MR) is 139 cm³/mol. The van der Waals surface area contributed by atoms with Crippen LogP contribution < -0.4 is 19.8 Å². The molecule has 0 unspecified atom stereocenters. The third-order valence-corrected chi connectivity index (χ3v) is 7.08. The highest BCUT2D eigenvalue weighted by Crippen LogP contribution is 2.33. The summed E-state index contributed by atoms with van der Waals surface area (Å²) in [4.78, 5) is 33.6. The minimum atomic E-state index is -0.722. The van der Waals surface area contributed by atoms with Crippen molar-refractivity contribution in [2.75, 3.05) is 25.6 Å². The van der Waals surface area contributed by atoms with E-state index >= 15 is 0 Å². The van der Waals surface area contributed by atoms with Crippen LogP contribution in [-0.2, 0) is 9.53 Å². The zero-order valence-corrected chi connectivity index (χ0v) is 21.8. The highest BCUT2D eigenvalue weighted by molar-refractivity contribution is 7.07. The summed E-state index contributed by atoms with van der Waals surface area (Å²) in [6, 6.07) is 9.84. The fourth-order valence-electron chi connectivity index (χ4n) is 3.90. The maximum Gasteiger partial charge on any atom is 0.338 e. The van der Waals surface area contributed by atoms with Gasteiger partial charge >= 0.3 is 5.97 Å². The van der Waals surface area contributed by atoms with Gasteiger partial charge in [0.1, 0.15) is 5.75 Å². The first-order valence-corrected chi connectivity index (χ1v) is 12.3. The van der Waals surface area contributed by atoms with E-state index < -0.39 is 12.0 Å². The highest BCUT2D eigenvalue weighted by Gasteiger charge is 2.33. The molecule has 0 radical (unpaired) electrons. The fourth-order valence-corrected chi connectivity index (χ4v) is 5.45. The number of fused-ring (bicyclic) bond motifs is 1. The van der Waals surface area contributed by atoms with Crippen LogP contribution in [0.4, 0.5) is 5.69 Å². The van der Waals surface area contributed by atoms with E-state index in [1.165, 1.54) is 22.8 Å². The number of phenolic OH excluding ortho intramolecular Hbond substituents is 1. The second kappa shape index (κ2) is 9.89. The molecule has 2 heterocycles. The van der Waals surface area contributed by atoms with Crippen LogP contribution in [-0.4, -0.2) is 36.3 Å². The number of hydrogen-bond donors (Lipinski definition) is 1. The van der Waals surface area contributed by atoms with E-state index in [-0.39, 0.29) is 22.9 Å². The van der Waals surface area contributed by atoms with E-state index in [1.807, 2.05) is 43.3 Å². The second-order valence-corrected chi connectivity index (χ2v) is 9.97. The monoisotopic (exact) mass is 531 g/mol. The normalized spacial score (nSPS) is 15.6. The Morgan fingerprint density at radius 3 is 2.57 bits per heavy atom. The molecule has 0 bridgehead atoms. The van der Waals surface area contributed by atoms with Crippen LogP contribution in [0.15, 0.2) is 57.5 Å². The van der Waals surface area contributed by atoms with Gasteiger partial charge in [0.2, 0.25) is 0 Å². The SMILES string of the molecule is CCOC(=O)C1=C(C)N=c2s/c(=C\c3cc(Cl)cc(Cl)c3O)c(=O)n2[C@@H]1c1ccc(N(C)C)cc1. The third-order valence-electron chi connectivity index (χ3n) is 5.59. The van der Waals surface area contributed by atoms with Crippen LogP contribution in [0.2, 0.25) is 10.0 Å². The summed E-state index contributed by atoms with van der Waals surface area (Å²) in [6.45, 7) is 3.65. The molecule has 0 spiro atoms. The Kier molecular flexibility index (Phi) is 7.07. The number of benzene rings is 2. The number of thiazole rings is 1. The number of carbonyl (C=O) groups excluding carboxylic acids is 1. The standard InChI is InChI=1S/C25H23Cl2N3O4S/c1-5-34-24(33)20-13(2)28-25-30(21(20)14-6-8-17(9-7-14)29(3)4)23(32)19(35-25)11-15-10-16(26)12-18(27)22(15)31/h6-12,21,31H,5H2,1-4H3/b19-11-/t21-/m1/s1. The van der Waals surface area contributed by atoms with Gasteiger partial charge in [-0.1, -0.05) is 46.7 Å². The van der Waals surface area contributed by atoms with Gasteiger partial charge < -0.3 is 14.7 Å². The molecule has 1 aromatic heterocycles. The van der Waals surface area contributed by atoms with Gasteiger partial charge in [0.25, 0.3) is 5.56 Å². The molecule has 2 aromatic carbocycles. The van der Waals surface area contributed by atoms with Crippen molar-refractivity contribution in [1.82, 2.24) is 4.57 Å². The van der Waals surface area contributed by atoms with Crippen molar-refractivity contribution in [3.63, 3.8) is 0 Å². The molecule has 3 aromatic rings. The number of anilines is 1. The molecular formula is C25H23Cl2N3O4S. The summed E-state index contributed by atoms with van der Waals surface area (Å²) < 4.78 is 7.12. The number of halogens is 2. The van der Waals surface area contributed by atoms with Gasteiger partial charge in [0.05, 0.1) is 33.5 Å². The Hall–Kier alpha value is -3.07. The lowest BCUT2D eigenvalue weighted by molar-refractivity contribution is -0.139. The van der Waals surface area contributed by atoms with Crippen LogP contribution in [0.25, 0.3) is 6.08 Å². The van der Waals surface area contributed by atoms with E-state index in [9.17, 15) is 14.7 Å². The van der Waals surface area contributed by atoms with Crippen molar-refractivity contribution in [3.8, 4) is 5.75 Å². The Labute approximate surface area is 215 Å². The van der Waals surface area contributed by atoms with Crippen molar-refractivity contribution in [2.45, 2.75) is 19.9 Å². The largest absolute Gasteiger partial charge is 0.506 e. The maximum atomic E-state index is 13.6. The molecule has 0 saturated carbocycles. The van der Waals surface area contributed by atoms with Crippen molar-refractivity contribution < 1.29 is 14.6 Å². The van der Waals surface area contributed by atoms with E-state index in [0.717, 1.165) is 22.6 Å². The molecule has 182 valence electrons. The first-order valence-electron chi connectivity index (χ1n) is 10.8. The summed E-state index contributed by atoms with van der Waals surface area (Å²) in [6.07, 6.45) is 1.52. The second-order valence-electron chi connectivity index (χ2n) is 8.11. The highest BCUT2D eigenvalue weighted by atomic mass is 35.5. The Morgan fingerprint density at radius 2 is 1.94 bits per heavy atom. The van der Waals surface area contributed by atoms with Crippen LogP contribution in [0.3, 0.4) is 0 Å². The molecule has 1 N–H and O–H groups in total. The number of carbonyl (C=O) groups is 1. The molecule has 10 heteroatoms. The van der Waals surface area contributed by atoms with Crippen LogP contribution in [0, 0.1) is 0 Å². The maximum absolute atomic E-state index is 13.6.